The largest absolute Gasteiger partial charge is 0.456 e. The Hall–Kier alpha value is -2.95. The van der Waals surface area contributed by atoms with Crippen LogP contribution in [0.25, 0.3) is 0 Å². The Balaban J connectivity index is 1.70. The first-order valence-electron chi connectivity index (χ1n) is 8.55. The summed E-state index contributed by atoms with van der Waals surface area (Å²) in [7, 11) is 0. The molecule has 0 spiro atoms. The van der Waals surface area contributed by atoms with Crippen molar-refractivity contribution in [1.82, 2.24) is 5.32 Å². The van der Waals surface area contributed by atoms with E-state index in [-0.39, 0.29) is 37.2 Å². The van der Waals surface area contributed by atoms with Crippen molar-refractivity contribution in [2.75, 3.05) is 6.61 Å². The Labute approximate surface area is 153 Å². The number of Topliss-reactive ketones (excluding diaryl/α,β-unsaturated/α-hetero) is 1. The predicted octanol–water partition coefficient (Wildman–Crippen LogP) is 3.38. The molecule has 0 saturated carbocycles. The lowest BCUT2D eigenvalue weighted by atomic mass is 10.1. The minimum Gasteiger partial charge on any atom is -0.456 e. The molecule has 2 aromatic rings. The predicted molar refractivity (Wildman–Crippen MR) is 98.7 cm³/mol. The van der Waals surface area contributed by atoms with Crippen LogP contribution in [0.15, 0.2) is 54.6 Å². The van der Waals surface area contributed by atoms with Gasteiger partial charge in [0.1, 0.15) is 0 Å². The maximum atomic E-state index is 12.0. The number of ether oxygens (including phenoxy) is 1. The van der Waals surface area contributed by atoms with Crippen molar-refractivity contribution < 1.29 is 19.1 Å². The van der Waals surface area contributed by atoms with E-state index in [1.807, 2.05) is 56.3 Å². The fourth-order valence-corrected chi connectivity index (χ4v) is 2.43. The zero-order valence-electron chi connectivity index (χ0n) is 15.0. The molecular weight excluding hydrogens is 330 g/mol. The number of hydrogen-bond acceptors (Lipinski definition) is 4. The SMILES string of the molecule is Cc1ccc(C(=O)CCC(=O)OCC(=O)N[C@@H](C)c2ccccc2)cc1. The maximum absolute atomic E-state index is 12.0. The second kappa shape index (κ2) is 9.51. The lowest BCUT2D eigenvalue weighted by Crippen LogP contribution is -2.31. The Kier molecular flexibility index (Phi) is 7.09. The van der Waals surface area contributed by atoms with Crippen LogP contribution in [0, 0.1) is 6.92 Å². The van der Waals surface area contributed by atoms with Crippen molar-refractivity contribution in [2.24, 2.45) is 0 Å². The molecule has 0 bridgehead atoms. The van der Waals surface area contributed by atoms with Crippen LogP contribution in [-0.4, -0.2) is 24.3 Å². The van der Waals surface area contributed by atoms with Crippen molar-refractivity contribution in [3.8, 4) is 0 Å². The third kappa shape index (κ3) is 6.16. The molecule has 0 heterocycles. The van der Waals surface area contributed by atoms with Crippen LogP contribution in [0.2, 0.25) is 0 Å². The molecule has 0 aliphatic carbocycles. The van der Waals surface area contributed by atoms with Gasteiger partial charge in [-0.25, -0.2) is 0 Å². The molecule has 5 heteroatoms. The summed E-state index contributed by atoms with van der Waals surface area (Å²) in [4.78, 5) is 35.6. The van der Waals surface area contributed by atoms with E-state index in [0.717, 1.165) is 11.1 Å². The average Bonchev–Trinajstić information content (AvgIpc) is 2.65. The van der Waals surface area contributed by atoms with Crippen molar-refractivity contribution >= 4 is 17.7 Å². The lowest BCUT2D eigenvalue weighted by Gasteiger charge is -2.14. The Bertz CT molecular complexity index is 753. The molecule has 136 valence electrons. The topological polar surface area (TPSA) is 72.5 Å². The first kappa shape index (κ1) is 19.4. The molecule has 1 amide bonds. The number of amides is 1. The Morgan fingerprint density at radius 1 is 0.962 bits per heavy atom. The van der Waals surface area contributed by atoms with E-state index in [0.29, 0.717) is 5.56 Å². The summed E-state index contributed by atoms with van der Waals surface area (Å²) in [5.74, 6) is -1.06. The number of esters is 1. The lowest BCUT2D eigenvalue weighted by molar-refractivity contribution is -0.148. The van der Waals surface area contributed by atoms with Crippen molar-refractivity contribution in [1.29, 1.82) is 0 Å². The van der Waals surface area contributed by atoms with Gasteiger partial charge in [-0.2, -0.15) is 0 Å². The van der Waals surface area contributed by atoms with Crippen molar-refractivity contribution in [3.05, 3.63) is 71.3 Å². The van der Waals surface area contributed by atoms with E-state index < -0.39 is 5.97 Å². The van der Waals surface area contributed by atoms with E-state index in [1.165, 1.54) is 0 Å². The number of rotatable bonds is 8. The molecule has 5 nitrogen and oxygen atoms in total. The highest BCUT2D eigenvalue weighted by molar-refractivity contribution is 5.97. The standard InChI is InChI=1S/C21H23NO4/c1-15-8-10-18(11-9-15)19(23)12-13-21(25)26-14-20(24)22-16(2)17-6-4-3-5-7-17/h3-11,16H,12-14H2,1-2H3,(H,22,24)/t16-/m0/s1. The summed E-state index contributed by atoms with van der Waals surface area (Å²) in [5, 5.41) is 2.76. The molecule has 0 aromatic heterocycles. The van der Waals surface area contributed by atoms with Gasteiger partial charge >= 0.3 is 5.97 Å². The second-order valence-electron chi connectivity index (χ2n) is 6.15. The Morgan fingerprint density at radius 3 is 2.27 bits per heavy atom. The number of hydrogen-bond donors (Lipinski definition) is 1. The molecular formula is C21H23NO4. The highest BCUT2D eigenvalue weighted by atomic mass is 16.5. The highest BCUT2D eigenvalue weighted by Gasteiger charge is 2.13. The molecule has 0 fully saturated rings. The van der Waals surface area contributed by atoms with E-state index in [2.05, 4.69) is 5.32 Å². The van der Waals surface area contributed by atoms with E-state index in [9.17, 15) is 14.4 Å². The molecule has 0 radical (unpaired) electrons. The van der Waals surface area contributed by atoms with Gasteiger partial charge in [-0.1, -0.05) is 60.2 Å². The van der Waals surface area contributed by atoms with Crippen LogP contribution in [-0.2, 0) is 14.3 Å². The molecule has 1 atom stereocenters. The smallest absolute Gasteiger partial charge is 0.306 e. The summed E-state index contributed by atoms with van der Waals surface area (Å²) in [6.07, 6.45) is 0.0121. The second-order valence-corrected chi connectivity index (χ2v) is 6.15. The first-order chi connectivity index (χ1) is 12.5. The van der Waals surface area contributed by atoms with Crippen molar-refractivity contribution in [3.63, 3.8) is 0 Å². The quantitative estimate of drug-likeness (QED) is 0.583. The number of carbonyl (C=O) groups excluding carboxylic acids is 3. The molecule has 2 aromatic carbocycles. The van der Waals surface area contributed by atoms with E-state index >= 15 is 0 Å². The van der Waals surface area contributed by atoms with E-state index in [4.69, 9.17) is 4.74 Å². The maximum Gasteiger partial charge on any atom is 0.306 e. The molecule has 0 aliphatic rings. The summed E-state index contributed by atoms with van der Waals surface area (Å²) < 4.78 is 4.94. The molecule has 0 aliphatic heterocycles. The minimum atomic E-state index is -0.562. The number of benzene rings is 2. The van der Waals surface area contributed by atoms with Crippen LogP contribution in [0.5, 0.6) is 0 Å². The summed E-state index contributed by atoms with van der Waals surface area (Å²) in [5.41, 5.74) is 2.60. The molecule has 0 saturated heterocycles. The monoisotopic (exact) mass is 353 g/mol. The van der Waals surface area contributed by atoms with Crippen LogP contribution >= 0.6 is 0 Å². The van der Waals surface area contributed by atoms with Crippen LogP contribution in [0.3, 0.4) is 0 Å². The van der Waals surface area contributed by atoms with E-state index in [1.54, 1.807) is 12.1 Å². The van der Waals surface area contributed by atoms with Crippen LogP contribution in [0.4, 0.5) is 0 Å². The number of nitrogens with one attached hydrogen (secondary N) is 1. The summed E-state index contributed by atoms with van der Waals surface area (Å²) in [6, 6.07) is 16.5. The van der Waals surface area contributed by atoms with Gasteiger partial charge < -0.3 is 10.1 Å². The van der Waals surface area contributed by atoms with Gasteiger partial charge in [-0.05, 0) is 19.4 Å². The molecule has 1 N–H and O–H groups in total. The number of ketones is 1. The van der Waals surface area contributed by atoms with Gasteiger partial charge in [0.25, 0.3) is 5.91 Å². The van der Waals surface area contributed by atoms with Crippen molar-refractivity contribution in [2.45, 2.75) is 32.7 Å². The molecule has 2 rings (SSSR count). The fraction of sp³-hybridized carbons (Fsp3) is 0.286. The minimum absolute atomic E-state index is 0.0474. The van der Waals surface area contributed by atoms with Gasteiger partial charge in [-0.3, -0.25) is 14.4 Å². The Morgan fingerprint density at radius 2 is 1.62 bits per heavy atom. The van der Waals surface area contributed by atoms with Gasteiger partial charge in [-0.15, -0.1) is 0 Å². The number of carbonyl (C=O) groups is 3. The van der Waals surface area contributed by atoms with Gasteiger partial charge in [0.2, 0.25) is 0 Å². The van der Waals surface area contributed by atoms with Gasteiger partial charge in [0, 0.05) is 12.0 Å². The van der Waals surface area contributed by atoms with Crippen LogP contribution < -0.4 is 5.32 Å². The average molecular weight is 353 g/mol. The zero-order valence-corrected chi connectivity index (χ0v) is 15.0. The summed E-state index contributed by atoms with van der Waals surface area (Å²) in [6.45, 7) is 3.44. The highest BCUT2D eigenvalue weighted by Crippen LogP contribution is 2.11. The fourth-order valence-electron chi connectivity index (χ4n) is 2.43. The third-order valence-electron chi connectivity index (χ3n) is 3.97. The van der Waals surface area contributed by atoms with Gasteiger partial charge in [0.05, 0.1) is 12.5 Å². The van der Waals surface area contributed by atoms with Gasteiger partial charge in [0.15, 0.2) is 12.4 Å². The molecule has 26 heavy (non-hydrogen) atoms. The van der Waals surface area contributed by atoms with Crippen LogP contribution in [0.1, 0.15) is 47.3 Å². The zero-order chi connectivity index (χ0) is 18.9. The molecule has 0 unspecified atom stereocenters. The summed E-state index contributed by atoms with van der Waals surface area (Å²) >= 11 is 0. The number of aryl methyl sites for hydroxylation is 1. The third-order valence-corrected chi connectivity index (χ3v) is 3.97. The normalized spacial score (nSPS) is 11.5. The first-order valence-corrected chi connectivity index (χ1v) is 8.55.